The maximum Gasteiger partial charge on any atom is 0.127 e. The third-order valence-corrected chi connectivity index (χ3v) is 4.49. The molecule has 0 bridgehead atoms. The highest BCUT2D eigenvalue weighted by Crippen LogP contribution is 2.30. The van der Waals surface area contributed by atoms with Gasteiger partial charge in [0, 0.05) is 6.04 Å². The minimum atomic E-state index is -0.234. The lowest BCUT2D eigenvalue weighted by Crippen LogP contribution is -2.11. The first kappa shape index (κ1) is 15.6. The molecule has 0 N–H and O–H groups in total. The molecule has 0 saturated heterocycles. The van der Waals surface area contributed by atoms with Gasteiger partial charge >= 0.3 is 0 Å². The molecule has 0 radical (unpaired) electrons. The van der Waals surface area contributed by atoms with Crippen molar-refractivity contribution in [1.82, 2.24) is 9.55 Å². The second kappa shape index (κ2) is 6.81. The molecule has 0 amide bonds. The third-order valence-electron chi connectivity index (χ3n) is 3.36. The number of thioether (sulfide) groups is 1. The Bertz CT molecular complexity index is 583. The lowest BCUT2D eigenvalue weighted by molar-refractivity contribution is 0.524. The molecule has 0 fully saturated rings. The molecule has 0 saturated carbocycles. The van der Waals surface area contributed by atoms with Gasteiger partial charge in [-0.1, -0.05) is 6.92 Å². The van der Waals surface area contributed by atoms with Crippen LogP contribution in [0.3, 0.4) is 0 Å². The van der Waals surface area contributed by atoms with Crippen molar-refractivity contribution >= 4 is 34.4 Å². The fourth-order valence-corrected chi connectivity index (χ4v) is 3.31. The zero-order valence-electron chi connectivity index (χ0n) is 12.1. The van der Waals surface area contributed by atoms with E-state index in [-0.39, 0.29) is 17.2 Å². The molecule has 110 valence electrons. The van der Waals surface area contributed by atoms with Crippen LogP contribution >= 0.6 is 23.4 Å². The Balaban J connectivity index is 2.42. The molecule has 2 rings (SSSR count). The lowest BCUT2D eigenvalue weighted by Gasteiger charge is -2.18. The summed E-state index contributed by atoms with van der Waals surface area (Å²) in [5.41, 5.74) is 1.64. The van der Waals surface area contributed by atoms with Crippen molar-refractivity contribution in [3.8, 4) is 0 Å². The number of rotatable bonds is 6. The van der Waals surface area contributed by atoms with E-state index in [4.69, 9.17) is 11.6 Å². The molecule has 2 atom stereocenters. The van der Waals surface area contributed by atoms with Gasteiger partial charge in [0.2, 0.25) is 0 Å². The van der Waals surface area contributed by atoms with Gasteiger partial charge in [0.1, 0.15) is 11.6 Å². The Labute approximate surface area is 128 Å². The predicted molar refractivity (Wildman–Crippen MR) is 86.3 cm³/mol. The largest absolute Gasteiger partial charge is 0.324 e. The van der Waals surface area contributed by atoms with E-state index in [1.165, 1.54) is 6.07 Å². The van der Waals surface area contributed by atoms with Crippen LogP contribution < -0.4 is 0 Å². The third kappa shape index (κ3) is 3.29. The first-order chi connectivity index (χ1) is 9.54. The smallest absolute Gasteiger partial charge is 0.127 e. The summed E-state index contributed by atoms with van der Waals surface area (Å²) in [5.74, 6) is 2.79. The molecule has 1 aromatic heterocycles. The van der Waals surface area contributed by atoms with Crippen molar-refractivity contribution in [2.45, 2.75) is 38.6 Å². The van der Waals surface area contributed by atoms with Gasteiger partial charge < -0.3 is 4.57 Å². The monoisotopic (exact) mass is 314 g/mol. The number of hydrogen-bond donors (Lipinski definition) is 0. The molecule has 1 aromatic carbocycles. The van der Waals surface area contributed by atoms with Gasteiger partial charge in [-0.25, -0.2) is 9.37 Å². The Morgan fingerprint density at radius 1 is 1.40 bits per heavy atom. The van der Waals surface area contributed by atoms with Crippen molar-refractivity contribution in [2.75, 3.05) is 11.5 Å². The van der Waals surface area contributed by atoms with Crippen LogP contribution in [0.4, 0.5) is 4.39 Å². The average Bonchev–Trinajstić information content (AvgIpc) is 2.77. The van der Waals surface area contributed by atoms with Gasteiger partial charge in [-0.15, -0.1) is 11.6 Å². The number of imidazole rings is 1. The SMILES string of the molecule is CCSCCC(C)n1c(C(C)Cl)nc2ccc(F)cc21. The number of benzene rings is 1. The quantitative estimate of drug-likeness (QED) is 0.540. The zero-order valence-corrected chi connectivity index (χ0v) is 13.6. The van der Waals surface area contributed by atoms with Crippen LogP contribution in [0, 0.1) is 5.82 Å². The normalized spacial score (nSPS) is 14.7. The number of alkyl halides is 1. The second-order valence-electron chi connectivity index (χ2n) is 4.92. The van der Waals surface area contributed by atoms with Crippen molar-refractivity contribution in [2.24, 2.45) is 0 Å². The number of hydrogen-bond acceptors (Lipinski definition) is 2. The van der Waals surface area contributed by atoms with Gasteiger partial charge in [0.15, 0.2) is 0 Å². The molecule has 2 nitrogen and oxygen atoms in total. The van der Waals surface area contributed by atoms with E-state index in [2.05, 4.69) is 23.4 Å². The highest BCUT2D eigenvalue weighted by molar-refractivity contribution is 7.99. The zero-order chi connectivity index (χ0) is 14.7. The fraction of sp³-hybridized carbons (Fsp3) is 0.533. The minimum Gasteiger partial charge on any atom is -0.324 e. The van der Waals surface area contributed by atoms with Crippen LogP contribution in [0.5, 0.6) is 0 Å². The minimum absolute atomic E-state index is 0.188. The van der Waals surface area contributed by atoms with Crippen LogP contribution in [0.15, 0.2) is 18.2 Å². The standard InChI is InChI=1S/C15H20ClFN2S/c1-4-20-8-7-10(2)19-14-9-12(17)5-6-13(14)18-15(19)11(3)16/h5-6,9-11H,4,7-8H2,1-3H3. The van der Waals surface area contributed by atoms with E-state index >= 15 is 0 Å². The number of fused-ring (bicyclic) bond motifs is 1. The van der Waals surface area contributed by atoms with E-state index < -0.39 is 0 Å². The van der Waals surface area contributed by atoms with E-state index in [0.717, 1.165) is 34.8 Å². The van der Waals surface area contributed by atoms with Gasteiger partial charge in [-0.2, -0.15) is 11.8 Å². The Kier molecular flexibility index (Phi) is 5.33. The van der Waals surface area contributed by atoms with Crippen molar-refractivity contribution < 1.29 is 4.39 Å². The Morgan fingerprint density at radius 3 is 2.80 bits per heavy atom. The van der Waals surface area contributed by atoms with Crippen LogP contribution in [0.1, 0.15) is 44.4 Å². The average molecular weight is 315 g/mol. The number of aromatic nitrogens is 2. The molecule has 0 aliphatic carbocycles. The van der Waals surface area contributed by atoms with Crippen molar-refractivity contribution in [1.29, 1.82) is 0 Å². The van der Waals surface area contributed by atoms with Gasteiger partial charge in [-0.05, 0) is 50.0 Å². The lowest BCUT2D eigenvalue weighted by atomic mass is 10.2. The topological polar surface area (TPSA) is 17.8 Å². The molecule has 20 heavy (non-hydrogen) atoms. The first-order valence-corrected chi connectivity index (χ1v) is 8.53. The summed E-state index contributed by atoms with van der Waals surface area (Å²) < 4.78 is 15.6. The Hall–Kier alpha value is -0.740. The second-order valence-corrected chi connectivity index (χ2v) is 6.97. The molecule has 1 heterocycles. The Morgan fingerprint density at radius 2 is 2.15 bits per heavy atom. The van der Waals surface area contributed by atoms with Crippen LogP contribution in [0.2, 0.25) is 0 Å². The molecule has 0 aliphatic rings. The van der Waals surface area contributed by atoms with Crippen LogP contribution in [-0.2, 0) is 0 Å². The summed E-state index contributed by atoms with van der Waals surface area (Å²) in [5, 5.41) is -0.188. The van der Waals surface area contributed by atoms with E-state index in [9.17, 15) is 4.39 Å². The van der Waals surface area contributed by atoms with Crippen molar-refractivity contribution in [3.63, 3.8) is 0 Å². The maximum atomic E-state index is 13.5. The molecular weight excluding hydrogens is 295 g/mol. The number of halogens is 2. The van der Waals surface area contributed by atoms with E-state index in [1.54, 1.807) is 12.1 Å². The highest BCUT2D eigenvalue weighted by Gasteiger charge is 2.19. The summed E-state index contributed by atoms with van der Waals surface area (Å²) in [6, 6.07) is 4.98. The number of nitrogens with zero attached hydrogens (tertiary/aromatic N) is 2. The van der Waals surface area contributed by atoms with Crippen molar-refractivity contribution in [3.05, 3.63) is 29.8 Å². The van der Waals surface area contributed by atoms with Gasteiger partial charge in [0.05, 0.1) is 16.4 Å². The fourth-order valence-electron chi connectivity index (χ4n) is 2.36. The molecule has 0 spiro atoms. The summed E-state index contributed by atoms with van der Waals surface area (Å²) >= 11 is 8.16. The van der Waals surface area contributed by atoms with Crippen LogP contribution in [-0.4, -0.2) is 21.1 Å². The summed E-state index contributed by atoms with van der Waals surface area (Å²) in [7, 11) is 0. The maximum absolute atomic E-state index is 13.5. The van der Waals surface area contributed by atoms with Gasteiger partial charge in [0.25, 0.3) is 0 Å². The summed E-state index contributed by atoms with van der Waals surface area (Å²) in [6.45, 7) is 6.21. The first-order valence-electron chi connectivity index (χ1n) is 6.93. The summed E-state index contributed by atoms with van der Waals surface area (Å²) in [6.07, 6.45) is 1.02. The predicted octanol–water partition coefficient (Wildman–Crippen LogP) is 5.18. The van der Waals surface area contributed by atoms with E-state index in [0.29, 0.717) is 0 Å². The highest BCUT2D eigenvalue weighted by atomic mass is 35.5. The van der Waals surface area contributed by atoms with Crippen LogP contribution in [0.25, 0.3) is 11.0 Å². The molecule has 0 aliphatic heterocycles. The van der Waals surface area contributed by atoms with Gasteiger partial charge in [-0.3, -0.25) is 0 Å². The van der Waals surface area contributed by atoms with E-state index in [1.807, 2.05) is 18.7 Å². The molecule has 2 aromatic rings. The molecule has 5 heteroatoms. The molecular formula is C15H20ClFN2S. The summed E-state index contributed by atoms with van der Waals surface area (Å²) in [4.78, 5) is 4.56. The molecule has 2 unspecified atom stereocenters.